The van der Waals surface area contributed by atoms with Crippen LogP contribution in [0.2, 0.25) is 0 Å². The van der Waals surface area contributed by atoms with E-state index in [0.717, 1.165) is 19.3 Å². The predicted octanol–water partition coefficient (Wildman–Crippen LogP) is 3.04. The Kier molecular flexibility index (Phi) is 7.59. The SMILES string of the molecule is CC(C)(C)CCCCCCC(C=O)OC(N)=O. The van der Waals surface area contributed by atoms with Gasteiger partial charge in [-0.2, -0.15) is 0 Å². The van der Waals surface area contributed by atoms with Gasteiger partial charge in [-0.15, -0.1) is 0 Å². The zero-order valence-corrected chi connectivity index (χ0v) is 11.2. The van der Waals surface area contributed by atoms with Crippen molar-refractivity contribution < 1.29 is 14.3 Å². The van der Waals surface area contributed by atoms with E-state index in [0.29, 0.717) is 18.1 Å². The van der Waals surface area contributed by atoms with Crippen LogP contribution in [0.3, 0.4) is 0 Å². The first kappa shape index (κ1) is 15.9. The molecule has 0 fully saturated rings. The second kappa shape index (κ2) is 8.09. The van der Waals surface area contributed by atoms with Crippen LogP contribution in [0.4, 0.5) is 4.79 Å². The summed E-state index contributed by atoms with van der Waals surface area (Å²) in [5, 5.41) is 0. The lowest BCUT2D eigenvalue weighted by Crippen LogP contribution is -2.23. The van der Waals surface area contributed by atoms with E-state index in [9.17, 15) is 9.59 Å². The highest BCUT2D eigenvalue weighted by Crippen LogP contribution is 2.22. The van der Waals surface area contributed by atoms with Crippen LogP contribution in [0.5, 0.6) is 0 Å². The van der Waals surface area contributed by atoms with Crippen LogP contribution < -0.4 is 5.73 Å². The van der Waals surface area contributed by atoms with Gasteiger partial charge < -0.3 is 10.5 Å². The molecule has 17 heavy (non-hydrogen) atoms. The van der Waals surface area contributed by atoms with E-state index in [2.05, 4.69) is 25.5 Å². The lowest BCUT2D eigenvalue weighted by Gasteiger charge is -2.17. The molecular weight excluding hydrogens is 218 g/mol. The summed E-state index contributed by atoms with van der Waals surface area (Å²) in [5.74, 6) is 0. The van der Waals surface area contributed by atoms with Crippen LogP contribution in [0.1, 0.15) is 59.3 Å². The van der Waals surface area contributed by atoms with E-state index in [4.69, 9.17) is 5.73 Å². The Hall–Kier alpha value is -1.06. The number of carbonyl (C=O) groups excluding carboxylic acids is 2. The summed E-state index contributed by atoms with van der Waals surface area (Å²) >= 11 is 0. The molecule has 0 radical (unpaired) electrons. The smallest absolute Gasteiger partial charge is 0.405 e. The summed E-state index contributed by atoms with van der Waals surface area (Å²) < 4.78 is 4.63. The van der Waals surface area contributed by atoms with Crippen molar-refractivity contribution in [3.63, 3.8) is 0 Å². The summed E-state index contributed by atoms with van der Waals surface area (Å²) in [4.78, 5) is 21.0. The zero-order valence-electron chi connectivity index (χ0n) is 11.2. The molecule has 2 N–H and O–H groups in total. The van der Waals surface area contributed by atoms with Crippen molar-refractivity contribution in [3.05, 3.63) is 0 Å². The molecule has 1 amide bonds. The molecule has 0 saturated carbocycles. The minimum Gasteiger partial charge on any atom is -0.439 e. The van der Waals surface area contributed by atoms with Crippen molar-refractivity contribution in [2.45, 2.75) is 65.4 Å². The van der Waals surface area contributed by atoms with Crippen molar-refractivity contribution in [1.29, 1.82) is 0 Å². The second-order valence-corrected chi connectivity index (χ2v) is 5.62. The molecule has 0 rings (SSSR count). The van der Waals surface area contributed by atoms with Crippen LogP contribution in [0, 0.1) is 5.41 Å². The summed E-state index contributed by atoms with van der Waals surface area (Å²) in [7, 11) is 0. The van der Waals surface area contributed by atoms with Crippen molar-refractivity contribution in [2.24, 2.45) is 11.1 Å². The van der Waals surface area contributed by atoms with Gasteiger partial charge in [-0.3, -0.25) is 4.79 Å². The third-order valence-electron chi connectivity index (χ3n) is 2.58. The molecular formula is C13H25NO3. The van der Waals surface area contributed by atoms with Crippen molar-refractivity contribution in [1.82, 2.24) is 0 Å². The molecule has 4 heteroatoms. The largest absolute Gasteiger partial charge is 0.439 e. The van der Waals surface area contributed by atoms with Gasteiger partial charge in [-0.25, -0.2) is 4.79 Å². The number of ether oxygens (including phenoxy) is 1. The van der Waals surface area contributed by atoms with Crippen LogP contribution >= 0.6 is 0 Å². The van der Waals surface area contributed by atoms with Gasteiger partial charge in [-0.05, 0) is 24.7 Å². The van der Waals surface area contributed by atoms with Crippen LogP contribution in [0.25, 0.3) is 0 Å². The Balaban J connectivity index is 3.49. The number of aldehydes is 1. The van der Waals surface area contributed by atoms with Gasteiger partial charge in [-0.1, -0.05) is 40.0 Å². The minimum absolute atomic E-state index is 0.389. The van der Waals surface area contributed by atoms with E-state index in [1.54, 1.807) is 0 Å². The van der Waals surface area contributed by atoms with Crippen LogP contribution in [-0.2, 0) is 9.53 Å². The first-order chi connectivity index (χ1) is 7.85. The summed E-state index contributed by atoms with van der Waals surface area (Å²) in [6, 6.07) is 0. The van der Waals surface area contributed by atoms with E-state index in [1.807, 2.05) is 0 Å². The molecule has 0 aromatic carbocycles. The molecule has 0 aliphatic heterocycles. The summed E-state index contributed by atoms with van der Waals surface area (Å²) in [6.45, 7) is 6.70. The number of primary amides is 1. The van der Waals surface area contributed by atoms with Crippen molar-refractivity contribution >= 4 is 12.4 Å². The maximum Gasteiger partial charge on any atom is 0.405 e. The van der Waals surface area contributed by atoms with Gasteiger partial charge in [0, 0.05) is 0 Å². The fourth-order valence-electron chi connectivity index (χ4n) is 1.66. The van der Waals surface area contributed by atoms with Gasteiger partial charge >= 0.3 is 6.09 Å². The van der Waals surface area contributed by atoms with Gasteiger partial charge in [0.05, 0.1) is 0 Å². The average molecular weight is 243 g/mol. The molecule has 0 spiro atoms. The molecule has 0 saturated heterocycles. The number of hydrogen-bond acceptors (Lipinski definition) is 3. The number of hydrogen-bond donors (Lipinski definition) is 1. The molecule has 0 aromatic heterocycles. The van der Waals surface area contributed by atoms with Crippen LogP contribution in [-0.4, -0.2) is 18.5 Å². The standard InChI is InChI=1S/C13H25NO3/c1-13(2,3)9-7-5-4-6-8-11(10-15)17-12(14)16/h10-11H,4-9H2,1-3H3,(H2,14,16). The topological polar surface area (TPSA) is 69.4 Å². The molecule has 100 valence electrons. The first-order valence-corrected chi connectivity index (χ1v) is 6.26. The molecule has 4 nitrogen and oxygen atoms in total. The molecule has 1 unspecified atom stereocenters. The summed E-state index contributed by atoms with van der Waals surface area (Å²) in [5.41, 5.74) is 5.24. The van der Waals surface area contributed by atoms with E-state index < -0.39 is 12.2 Å². The third kappa shape index (κ3) is 11.2. The van der Waals surface area contributed by atoms with E-state index in [-0.39, 0.29) is 0 Å². The van der Waals surface area contributed by atoms with Crippen molar-refractivity contribution in [3.8, 4) is 0 Å². The summed E-state index contributed by atoms with van der Waals surface area (Å²) in [6.07, 6.45) is 5.17. The zero-order chi connectivity index (χ0) is 13.3. The molecule has 0 aliphatic carbocycles. The highest BCUT2D eigenvalue weighted by atomic mass is 16.6. The fraction of sp³-hybridized carbons (Fsp3) is 0.846. The Morgan fingerprint density at radius 1 is 1.24 bits per heavy atom. The Labute approximate surface area is 104 Å². The van der Waals surface area contributed by atoms with Gasteiger partial charge in [0.15, 0.2) is 12.4 Å². The monoisotopic (exact) mass is 243 g/mol. The highest BCUT2D eigenvalue weighted by molar-refractivity contribution is 5.68. The quantitative estimate of drug-likeness (QED) is 0.526. The maximum absolute atomic E-state index is 10.6. The number of unbranched alkanes of at least 4 members (excludes halogenated alkanes) is 3. The third-order valence-corrected chi connectivity index (χ3v) is 2.58. The lowest BCUT2D eigenvalue weighted by molar-refractivity contribution is -0.115. The van der Waals surface area contributed by atoms with Gasteiger partial charge in [0.1, 0.15) is 0 Å². The van der Waals surface area contributed by atoms with Crippen molar-refractivity contribution in [2.75, 3.05) is 0 Å². The minimum atomic E-state index is -0.880. The lowest BCUT2D eigenvalue weighted by atomic mass is 9.89. The van der Waals surface area contributed by atoms with E-state index in [1.165, 1.54) is 12.8 Å². The van der Waals surface area contributed by atoms with Gasteiger partial charge in [0.25, 0.3) is 0 Å². The van der Waals surface area contributed by atoms with Crippen LogP contribution in [0.15, 0.2) is 0 Å². The molecule has 0 aliphatic rings. The number of amides is 1. The maximum atomic E-state index is 10.6. The fourth-order valence-corrected chi connectivity index (χ4v) is 1.66. The average Bonchev–Trinajstić information content (AvgIpc) is 2.19. The molecule has 0 aromatic rings. The number of rotatable bonds is 8. The molecule has 0 bridgehead atoms. The Bertz CT molecular complexity index is 233. The molecule has 1 atom stereocenters. The number of nitrogens with two attached hydrogens (primary N) is 1. The molecule has 0 heterocycles. The highest BCUT2D eigenvalue weighted by Gasteiger charge is 2.11. The van der Waals surface area contributed by atoms with Gasteiger partial charge in [0.2, 0.25) is 0 Å². The number of carbonyl (C=O) groups is 2. The predicted molar refractivity (Wildman–Crippen MR) is 67.7 cm³/mol. The van der Waals surface area contributed by atoms with E-state index >= 15 is 0 Å². The Morgan fingerprint density at radius 3 is 2.29 bits per heavy atom. The normalized spacial score (nSPS) is 13.1. The Morgan fingerprint density at radius 2 is 1.82 bits per heavy atom. The second-order valence-electron chi connectivity index (χ2n) is 5.62. The first-order valence-electron chi connectivity index (χ1n) is 6.26.